The minimum Gasteiger partial charge on any atom is -0.461 e. The molecule has 0 atom stereocenters. The van der Waals surface area contributed by atoms with E-state index in [0.717, 1.165) is 16.5 Å². The average Bonchev–Trinajstić information content (AvgIpc) is 3.01. The molecule has 0 bridgehead atoms. The Morgan fingerprint density at radius 1 is 1.12 bits per heavy atom. The number of esters is 1. The lowest BCUT2D eigenvalue weighted by Crippen LogP contribution is -2.14. The summed E-state index contributed by atoms with van der Waals surface area (Å²) >= 11 is 3.77. The van der Waals surface area contributed by atoms with E-state index in [0.29, 0.717) is 24.4 Å². The summed E-state index contributed by atoms with van der Waals surface area (Å²) in [6, 6.07) is 16.9. The molecule has 6 heteroatoms. The van der Waals surface area contributed by atoms with Gasteiger partial charge in [0.05, 0.1) is 6.61 Å². The van der Waals surface area contributed by atoms with Crippen molar-refractivity contribution < 1.29 is 14.3 Å². The SMILES string of the molecule is CCOC(=O)c1cc2ccccc2n1Cc1ccc(C(=O)NS)cc1. The Morgan fingerprint density at radius 2 is 1.84 bits per heavy atom. The molecule has 0 aliphatic rings. The van der Waals surface area contributed by atoms with Crippen LogP contribution >= 0.6 is 12.8 Å². The first-order chi connectivity index (χ1) is 12.1. The van der Waals surface area contributed by atoms with Crippen molar-refractivity contribution in [2.45, 2.75) is 13.5 Å². The molecule has 2 aromatic carbocycles. The van der Waals surface area contributed by atoms with E-state index in [2.05, 4.69) is 17.5 Å². The van der Waals surface area contributed by atoms with E-state index in [1.54, 1.807) is 19.1 Å². The van der Waals surface area contributed by atoms with Gasteiger partial charge in [0.1, 0.15) is 5.69 Å². The topological polar surface area (TPSA) is 60.3 Å². The molecule has 1 heterocycles. The lowest BCUT2D eigenvalue weighted by Gasteiger charge is -2.11. The van der Waals surface area contributed by atoms with Gasteiger partial charge in [-0.05, 0) is 36.8 Å². The number of aromatic nitrogens is 1. The first-order valence-electron chi connectivity index (χ1n) is 7.92. The zero-order valence-electron chi connectivity index (χ0n) is 13.7. The number of carbonyl (C=O) groups excluding carboxylic acids is 2. The van der Waals surface area contributed by atoms with Crippen molar-refractivity contribution in [1.29, 1.82) is 0 Å². The van der Waals surface area contributed by atoms with Crippen LogP contribution in [0.5, 0.6) is 0 Å². The van der Waals surface area contributed by atoms with Gasteiger partial charge in [0.2, 0.25) is 0 Å². The van der Waals surface area contributed by atoms with Crippen molar-refractivity contribution in [2.75, 3.05) is 6.61 Å². The smallest absolute Gasteiger partial charge is 0.354 e. The third kappa shape index (κ3) is 3.53. The molecular weight excluding hydrogens is 336 g/mol. The zero-order chi connectivity index (χ0) is 17.8. The lowest BCUT2D eigenvalue weighted by atomic mass is 10.1. The van der Waals surface area contributed by atoms with E-state index in [-0.39, 0.29) is 11.9 Å². The number of fused-ring (bicyclic) bond motifs is 1. The maximum atomic E-state index is 12.3. The molecule has 1 amide bonds. The molecule has 1 N–H and O–H groups in total. The average molecular weight is 354 g/mol. The molecular formula is C19H18N2O3S. The van der Waals surface area contributed by atoms with Crippen LogP contribution in [0.25, 0.3) is 10.9 Å². The zero-order valence-corrected chi connectivity index (χ0v) is 14.6. The number of ether oxygens (including phenoxy) is 1. The van der Waals surface area contributed by atoms with Crippen molar-refractivity contribution in [1.82, 2.24) is 9.29 Å². The van der Waals surface area contributed by atoms with E-state index >= 15 is 0 Å². The molecule has 25 heavy (non-hydrogen) atoms. The molecule has 0 spiro atoms. The van der Waals surface area contributed by atoms with E-state index < -0.39 is 0 Å². The number of benzene rings is 2. The van der Waals surface area contributed by atoms with Gasteiger partial charge in [-0.2, -0.15) is 0 Å². The molecule has 0 unspecified atom stereocenters. The van der Waals surface area contributed by atoms with Crippen molar-refractivity contribution in [3.05, 3.63) is 71.4 Å². The second kappa shape index (κ2) is 7.44. The van der Waals surface area contributed by atoms with Crippen LogP contribution in [0.1, 0.15) is 33.3 Å². The summed E-state index contributed by atoms with van der Waals surface area (Å²) in [6.07, 6.45) is 0. The number of hydrogen-bond donors (Lipinski definition) is 2. The van der Waals surface area contributed by atoms with Crippen LogP contribution in [0.3, 0.4) is 0 Å². The van der Waals surface area contributed by atoms with Crippen LogP contribution in [-0.2, 0) is 11.3 Å². The van der Waals surface area contributed by atoms with Gasteiger partial charge >= 0.3 is 5.97 Å². The third-order valence-electron chi connectivity index (χ3n) is 3.95. The summed E-state index contributed by atoms with van der Waals surface area (Å²) < 4.78 is 9.41. The summed E-state index contributed by atoms with van der Waals surface area (Å²) in [7, 11) is 0. The number of amides is 1. The first-order valence-corrected chi connectivity index (χ1v) is 8.37. The van der Waals surface area contributed by atoms with E-state index in [9.17, 15) is 9.59 Å². The van der Waals surface area contributed by atoms with Crippen molar-refractivity contribution in [3.8, 4) is 0 Å². The molecule has 5 nitrogen and oxygen atoms in total. The summed E-state index contributed by atoms with van der Waals surface area (Å²) in [5.41, 5.74) is 2.98. The highest BCUT2D eigenvalue weighted by Gasteiger charge is 2.16. The Labute approximate surface area is 151 Å². The summed E-state index contributed by atoms with van der Waals surface area (Å²) in [5, 5.41) is 0.983. The summed E-state index contributed by atoms with van der Waals surface area (Å²) in [4.78, 5) is 23.9. The second-order valence-electron chi connectivity index (χ2n) is 5.53. The Hall–Kier alpha value is -2.73. The number of nitrogens with one attached hydrogen (secondary N) is 1. The highest BCUT2D eigenvalue weighted by Crippen LogP contribution is 2.22. The molecule has 0 aliphatic carbocycles. The lowest BCUT2D eigenvalue weighted by molar-refractivity contribution is 0.0515. The minimum absolute atomic E-state index is 0.256. The van der Waals surface area contributed by atoms with Crippen LogP contribution in [0.4, 0.5) is 0 Å². The minimum atomic E-state index is -0.343. The Bertz CT molecular complexity index is 916. The Balaban J connectivity index is 1.98. The molecule has 3 aromatic rings. The first kappa shape index (κ1) is 17.1. The van der Waals surface area contributed by atoms with Crippen molar-refractivity contribution in [2.24, 2.45) is 0 Å². The number of para-hydroxylation sites is 1. The number of carbonyl (C=O) groups is 2. The maximum Gasteiger partial charge on any atom is 0.354 e. The summed E-state index contributed by atoms with van der Waals surface area (Å²) in [5.74, 6) is -0.599. The molecule has 0 fully saturated rings. The van der Waals surface area contributed by atoms with Gasteiger partial charge in [-0.1, -0.05) is 43.1 Å². The monoisotopic (exact) mass is 354 g/mol. The van der Waals surface area contributed by atoms with Gasteiger partial charge < -0.3 is 9.30 Å². The molecule has 3 rings (SSSR count). The summed E-state index contributed by atoms with van der Waals surface area (Å²) in [6.45, 7) is 2.62. The van der Waals surface area contributed by atoms with Crippen molar-refractivity contribution >= 4 is 35.6 Å². The highest BCUT2D eigenvalue weighted by atomic mass is 32.1. The van der Waals surface area contributed by atoms with E-state index in [1.807, 2.05) is 47.0 Å². The van der Waals surface area contributed by atoms with Gasteiger partial charge in [0.15, 0.2) is 0 Å². The van der Waals surface area contributed by atoms with Crippen LogP contribution in [-0.4, -0.2) is 23.1 Å². The molecule has 1 aromatic heterocycles. The van der Waals surface area contributed by atoms with Gasteiger partial charge in [-0.15, -0.1) is 0 Å². The Kier molecular flexibility index (Phi) is 5.09. The van der Waals surface area contributed by atoms with E-state index in [4.69, 9.17) is 4.74 Å². The van der Waals surface area contributed by atoms with Gasteiger partial charge in [0, 0.05) is 23.0 Å². The second-order valence-corrected chi connectivity index (χ2v) is 5.76. The fourth-order valence-electron chi connectivity index (χ4n) is 2.76. The number of nitrogens with zero attached hydrogens (tertiary/aromatic N) is 1. The number of hydrogen-bond acceptors (Lipinski definition) is 4. The fourth-order valence-corrected chi connectivity index (χ4v) is 2.89. The van der Waals surface area contributed by atoms with Crippen molar-refractivity contribution in [3.63, 3.8) is 0 Å². The maximum absolute atomic E-state index is 12.3. The standard InChI is InChI=1S/C19H18N2O3S/c1-2-24-19(23)17-11-15-5-3-4-6-16(15)21(17)12-13-7-9-14(10-8-13)18(22)20-25/h3-11,25H,2,12H2,1H3,(H,20,22). The third-order valence-corrected chi connectivity index (χ3v) is 4.16. The quantitative estimate of drug-likeness (QED) is 0.545. The molecule has 0 saturated heterocycles. The predicted octanol–water partition coefficient (Wildman–Crippen LogP) is 3.44. The molecule has 0 aliphatic heterocycles. The fraction of sp³-hybridized carbons (Fsp3) is 0.158. The molecule has 128 valence electrons. The van der Waals surface area contributed by atoms with Gasteiger partial charge in [-0.25, -0.2) is 4.79 Å². The van der Waals surface area contributed by atoms with Crippen LogP contribution in [0.2, 0.25) is 0 Å². The Morgan fingerprint density at radius 3 is 2.52 bits per heavy atom. The molecule has 0 radical (unpaired) electrons. The normalized spacial score (nSPS) is 10.6. The highest BCUT2D eigenvalue weighted by molar-refractivity contribution is 7.78. The van der Waals surface area contributed by atoms with Gasteiger partial charge in [0.25, 0.3) is 5.91 Å². The van der Waals surface area contributed by atoms with Crippen LogP contribution in [0, 0.1) is 0 Å². The van der Waals surface area contributed by atoms with E-state index in [1.165, 1.54) is 0 Å². The largest absolute Gasteiger partial charge is 0.461 e. The number of rotatable bonds is 5. The van der Waals surface area contributed by atoms with Gasteiger partial charge in [-0.3, -0.25) is 9.52 Å². The molecule has 0 saturated carbocycles. The predicted molar refractivity (Wildman–Crippen MR) is 99.9 cm³/mol. The van der Waals surface area contributed by atoms with Crippen LogP contribution < -0.4 is 4.72 Å². The number of thiol groups is 1. The van der Waals surface area contributed by atoms with Crippen LogP contribution in [0.15, 0.2) is 54.6 Å².